The smallest absolute Gasteiger partial charge is 0.410 e. The summed E-state index contributed by atoms with van der Waals surface area (Å²) < 4.78 is 12.9. The largest absolute Gasteiger partial charge is 0.489 e. The van der Waals surface area contributed by atoms with Crippen molar-refractivity contribution in [2.45, 2.75) is 52.4 Å². The second-order valence-electron chi connectivity index (χ2n) is 9.87. The minimum atomic E-state index is -0.523. The number of hydrogen-bond donors (Lipinski definition) is 0. The third-order valence-electron chi connectivity index (χ3n) is 6.05. The molecule has 0 spiro atoms. The van der Waals surface area contributed by atoms with Gasteiger partial charge in [-0.05, 0) is 57.9 Å². The molecule has 0 aliphatic carbocycles. The van der Waals surface area contributed by atoms with E-state index < -0.39 is 5.60 Å². The van der Waals surface area contributed by atoms with Gasteiger partial charge in [0.05, 0.1) is 17.9 Å². The Kier molecular flexibility index (Phi) is 7.62. The molecule has 8 heteroatoms. The van der Waals surface area contributed by atoms with Crippen molar-refractivity contribution >= 4 is 11.9 Å². The minimum absolute atomic E-state index is 0.0670. The Morgan fingerprint density at radius 1 is 1.14 bits per heavy atom. The number of nitrogens with zero attached hydrogens (tertiary/aromatic N) is 4. The van der Waals surface area contributed by atoms with Crippen LogP contribution in [0.4, 0.5) is 10.6 Å². The Morgan fingerprint density at radius 3 is 2.56 bits per heavy atom. The SMILES string of the molecule is CCN(C(=O)OC(C)(C)C)[C@H]1CCN(c2ccc(-n3ccc(OCc4ccccc4)cc3=O)cn2)C1. The van der Waals surface area contributed by atoms with E-state index >= 15 is 0 Å². The zero-order valence-corrected chi connectivity index (χ0v) is 21.4. The predicted molar refractivity (Wildman–Crippen MR) is 140 cm³/mol. The molecule has 190 valence electrons. The summed E-state index contributed by atoms with van der Waals surface area (Å²) in [5.41, 5.74) is 1.01. The lowest BCUT2D eigenvalue weighted by atomic mass is 10.2. The average molecular weight is 491 g/mol. The number of ether oxygens (including phenoxy) is 2. The lowest BCUT2D eigenvalue weighted by Gasteiger charge is -2.30. The number of anilines is 1. The second kappa shape index (κ2) is 10.8. The van der Waals surface area contributed by atoms with Crippen LogP contribution in [0.1, 0.15) is 39.7 Å². The van der Waals surface area contributed by atoms with Crippen LogP contribution < -0.4 is 15.2 Å². The molecule has 1 saturated heterocycles. The first kappa shape index (κ1) is 25.3. The predicted octanol–water partition coefficient (Wildman–Crippen LogP) is 4.65. The van der Waals surface area contributed by atoms with Crippen molar-refractivity contribution in [3.8, 4) is 11.4 Å². The highest BCUT2D eigenvalue weighted by Crippen LogP contribution is 2.24. The molecular weight excluding hydrogens is 456 g/mol. The van der Waals surface area contributed by atoms with Gasteiger partial charge in [0, 0.05) is 31.9 Å². The summed E-state index contributed by atoms with van der Waals surface area (Å²) in [5, 5.41) is 0. The number of carbonyl (C=O) groups is 1. The average Bonchev–Trinajstić information content (AvgIpc) is 3.33. The molecule has 3 heterocycles. The maximum atomic E-state index is 12.7. The first-order valence-electron chi connectivity index (χ1n) is 12.3. The van der Waals surface area contributed by atoms with Crippen LogP contribution in [0.2, 0.25) is 0 Å². The second-order valence-corrected chi connectivity index (χ2v) is 9.87. The van der Waals surface area contributed by atoms with Crippen LogP contribution in [0, 0.1) is 0 Å². The zero-order chi connectivity index (χ0) is 25.7. The quantitative estimate of drug-likeness (QED) is 0.480. The van der Waals surface area contributed by atoms with Gasteiger partial charge in [-0.25, -0.2) is 9.78 Å². The molecule has 8 nitrogen and oxygen atoms in total. The van der Waals surface area contributed by atoms with Crippen LogP contribution in [-0.2, 0) is 11.3 Å². The summed E-state index contributed by atoms with van der Waals surface area (Å²) in [7, 11) is 0. The van der Waals surface area contributed by atoms with E-state index in [1.165, 1.54) is 6.07 Å². The summed E-state index contributed by atoms with van der Waals surface area (Å²) in [6.07, 6.45) is 3.96. The first-order valence-corrected chi connectivity index (χ1v) is 12.3. The van der Waals surface area contributed by atoms with Gasteiger partial charge in [0.15, 0.2) is 0 Å². The number of carbonyl (C=O) groups excluding carboxylic acids is 1. The molecule has 1 aliphatic heterocycles. The Labute approximate surface area is 212 Å². The summed E-state index contributed by atoms with van der Waals surface area (Å²) in [6.45, 7) is 10.1. The highest BCUT2D eigenvalue weighted by molar-refractivity contribution is 5.68. The van der Waals surface area contributed by atoms with Gasteiger partial charge in [-0.1, -0.05) is 30.3 Å². The molecule has 0 radical (unpaired) electrons. The Balaban J connectivity index is 1.39. The van der Waals surface area contributed by atoms with Gasteiger partial charge in [-0.2, -0.15) is 0 Å². The van der Waals surface area contributed by atoms with E-state index in [-0.39, 0.29) is 17.7 Å². The van der Waals surface area contributed by atoms with Crippen LogP contribution in [0.3, 0.4) is 0 Å². The number of amides is 1. The van der Waals surface area contributed by atoms with Gasteiger partial charge in [-0.3, -0.25) is 9.36 Å². The molecule has 3 aromatic rings. The Morgan fingerprint density at radius 2 is 1.92 bits per heavy atom. The maximum absolute atomic E-state index is 12.7. The molecule has 0 saturated carbocycles. The van der Waals surface area contributed by atoms with E-state index in [2.05, 4.69) is 9.88 Å². The molecule has 1 aliphatic rings. The van der Waals surface area contributed by atoms with E-state index in [0.29, 0.717) is 31.1 Å². The fourth-order valence-electron chi connectivity index (χ4n) is 4.27. The third kappa shape index (κ3) is 6.24. The number of pyridine rings is 2. The maximum Gasteiger partial charge on any atom is 0.410 e. The van der Waals surface area contributed by atoms with Crippen molar-refractivity contribution in [2.75, 3.05) is 24.5 Å². The van der Waals surface area contributed by atoms with Crippen LogP contribution in [-0.4, -0.2) is 51.8 Å². The fraction of sp³-hybridized carbons (Fsp3) is 0.393. The van der Waals surface area contributed by atoms with Gasteiger partial charge in [0.25, 0.3) is 5.56 Å². The molecule has 1 atom stereocenters. The van der Waals surface area contributed by atoms with Crippen molar-refractivity contribution in [1.29, 1.82) is 0 Å². The van der Waals surface area contributed by atoms with E-state index in [1.807, 2.05) is 70.2 Å². The molecule has 1 aromatic carbocycles. The van der Waals surface area contributed by atoms with Crippen LogP contribution in [0.25, 0.3) is 5.69 Å². The van der Waals surface area contributed by atoms with Gasteiger partial charge in [-0.15, -0.1) is 0 Å². The molecule has 4 rings (SSSR count). The van der Waals surface area contributed by atoms with E-state index in [1.54, 1.807) is 27.9 Å². The van der Waals surface area contributed by atoms with Crippen molar-refractivity contribution in [3.05, 3.63) is 82.9 Å². The van der Waals surface area contributed by atoms with E-state index in [4.69, 9.17) is 9.47 Å². The van der Waals surface area contributed by atoms with Crippen LogP contribution in [0.15, 0.2) is 71.8 Å². The first-order chi connectivity index (χ1) is 17.2. The van der Waals surface area contributed by atoms with Crippen molar-refractivity contribution in [3.63, 3.8) is 0 Å². The lowest BCUT2D eigenvalue weighted by molar-refractivity contribution is 0.0191. The molecule has 0 bridgehead atoms. The zero-order valence-electron chi connectivity index (χ0n) is 21.4. The van der Waals surface area contributed by atoms with Crippen molar-refractivity contribution in [2.24, 2.45) is 0 Å². The molecule has 1 fully saturated rings. The number of rotatable bonds is 7. The highest BCUT2D eigenvalue weighted by atomic mass is 16.6. The normalized spacial score (nSPS) is 15.6. The monoisotopic (exact) mass is 490 g/mol. The Bertz CT molecular complexity index is 1220. The molecular formula is C28H34N4O4. The standard InChI is InChI=1S/C28H34N4O4/c1-5-31(27(34)36-28(2,3)4)23-13-15-30(19-23)25-12-11-22(18-29-25)32-16-14-24(17-26(32)33)35-20-21-9-7-6-8-10-21/h6-12,14,16-18,23H,5,13,15,19-20H2,1-4H3/t23-/m0/s1. The van der Waals surface area contributed by atoms with Gasteiger partial charge < -0.3 is 19.3 Å². The topological polar surface area (TPSA) is 76.9 Å². The number of aromatic nitrogens is 2. The van der Waals surface area contributed by atoms with Crippen molar-refractivity contribution in [1.82, 2.24) is 14.5 Å². The number of likely N-dealkylation sites (N-methyl/N-ethyl adjacent to an activating group) is 1. The molecule has 36 heavy (non-hydrogen) atoms. The van der Waals surface area contributed by atoms with Gasteiger partial charge in [0.1, 0.15) is 23.8 Å². The number of hydrogen-bond acceptors (Lipinski definition) is 6. The highest BCUT2D eigenvalue weighted by Gasteiger charge is 2.32. The summed E-state index contributed by atoms with van der Waals surface area (Å²) in [5.74, 6) is 1.34. The van der Waals surface area contributed by atoms with E-state index in [0.717, 1.165) is 24.3 Å². The minimum Gasteiger partial charge on any atom is -0.489 e. The van der Waals surface area contributed by atoms with Crippen molar-refractivity contribution < 1.29 is 14.3 Å². The Hall–Kier alpha value is -3.81. The summed E-state index contributed by atoms with van der Waals surface area (Å²) in [6, 6.07) is 16.9. The van der Waals surface area contributed by atoms with Crippen LogP contribution >= 0.6 is 0 Å². The molecule has 2 aromatic heterocycles. The van der Waals surface area contributed by atoms with Gasteiger partial charge >= 0.3 is 6.09 Å². The van der Waals surface area contributed by atoms with Gasteiger partial charge in [0.2, 0.25) is 0 Å². The third-order valence-corrected chi connectivity index (χ3v) is 6.05. The fourth-order valence-corrected chi connectivity index (χ4v) is 4.27. The lowest BCUT2D eigenvalue weighted by Crippen LogP contribution is -2.44. The summed E-state index contributed by atoms with van der Waals surface area (Å²) >= 11 is 0. The van der Waals surface area contributed by atoms with E-state index in [9.17, 15) is 9.59 Å². The molecule has 0 unspecified atom stereocenters. The number of benzene rings is 1. The molecule has 0 N–H and O–H groups in total. The summed E-state index contributed by atoms with van der Waals surface area (Å²) in [4.78, 5) is 33.9. The molecule has 1 amide bonds. The van der Waals surface area contributed by atoms with Crippen LogP contribution in [0.5, 0.6) is 5.75 Å².